The van der Waals surface area contributed by atoms with Gasteiger partial charge >= 0.3 is 0 Å². The Balaban J connectivity index is 1.21. The van der Waals surface area contributed by atoms with E-state index in [4.69, 9.17) is 14.2 Å². The summed E-state index contributed by atoms with van der Waals surface area (Å²) in [5.41, 5.74) is 6.96. The number of hydrogen-bond donors (Lipinski definition) is 2. The van der Waals surface area contributed by atoms with E-state index in [1.54, 1.807) is 12.1 Å². The molecule has 4 aromatic carbocycles. The molecule has 4 aromatic rings. The number of methoxy groups -OCH3 is 1. The van der Waals surface area contributed by atoms with Crippen molar-refractivity contribution in [1.29, 1.82) is 0 Å². The van der Waals surface area contributed by atoms with Gasteiger partial charge < -0.3 is 24.6 Å². The van der Waals surface area contributed by atoms with Gasteiger partial charge in [-0.2, -0.15) is 4.31 Å². The third-order valence-corrected chi connectivity index (χ3v) is 10.5. The Bertz CT molecular complexity index is 1840. The summed E-state index contributed by atoms with van der Waals surface area (Å²) in [5, 5.41) is 12.6. The number of carbonyl (C=O) groups excluding carboxylic acids is 1. The number of aliphatic hydroxyl groups excluding tert-OH is 1. The standard InChI is InChI=1S/C37H38N2O7S/c1-44-29-14-16-30(17-15-29)47(42,43)39(18-20-40)19-21-45-36-24-28(23-35(46-36)37(41)38-25-26-8-3-2-4-9-26)32-12-7-13-33-31-11-6-5-10-27(31)22-34(32)33/h2-17,23,28,36,40H,18-22,24-25H2,1H3,(H,38,41)/t28-,36+/m0/s1. The molecule has 0 spiro atoms. The number of nitrogens with one attached hydrogen (secondary N) is 1. The molecule has 2 atom stereocenters. The van der Waals surface area contributed by atoms with Crippen LogP contribution in [0.5, 0.6) is 5.75 Å². The van der Waals surface area contributed by atoms with Crippen LogP contribution >= 0.6 is 0 Å². The largest absolute Gasteiger partial charge is 0.497 e. The van der Waals surface area contributed by atoms with Crippen molar-refractivity contribution in [1.82, 2.24) is 9.62 Å². The minimum atomic E-state index is -3.91. The van der Waals surface area contributed by atoms with Gasteiger partial charge in [-0.25, -0.2) is 8.42 Å². The number of nitrogens with zero attached hydrogens (tertiary/aromatic N) is 1. The number of fused-ring (bicyclic) bond motifs is 3. The van der Waals surface area contributed by atoms with Gasteiger partial charge in [0.15, 0.2) is 5.76 Å². The van der Waals surface area contributed by atoms with Gasteiger partial charge in [0.1, 0.15) is 5.75 Å². The predicted octanol–water partition coefficient (Wildman–Crippen LogP) is 5.00. The highest BCUT2D eigenvalue weighted by molar-refractivity contribution is 7.89. The quantitative estimate of drug-likeness (QED) is 0.184. The Morgan fingerprint density at radius 2 is 1.68 bits per heavy atom. The molecule has 0 aromatic heterocycles. The summed E-state index contributed by atoms with van der Waals surface area (Å²) in [6, 6.07) is 30.4. The number of rotatable bonds is 13. The molecular weight excluding hydrogens is 616 g/mol. The van der Waals surface area contributed by atoms with E-state index < -0.39 is 16.3 Å². The van der Waals surface area contributed by atoms with Crippen LogP contribution in [0.25, 0.3) is 11.1 Å². The van der Waals surface area contributed by atoms with Crippen molar-refractivity contribution in [3.63, 3.8) is 0 Å². The van der Waals surface area contributed by atoms with Gasteiger partial charge in [-0.15, -0.1) is 0 Å². The van der Waals surface area contributed by atoms with Crippen molar-refractivity contribution >= 4 is 15.9 Å². The normalized spacial score (nSPS) is 17.0. The van der Waals surface area contributed by atoms with Crippen LogP contribution in [0.2, 0.25) is 0 Å². The average Bonchev–Trinajstić information content (AvgIpc) is 3.49. The number of hydrogen-bond acceptors (Lipinski definition) is 7. The van der Waals surface area contributed by atoms with Crippen LogP contribution in [0, 0.1) is 0 Å². The summed E-state index contributed by atoms with van der Waals surface area (Å²) in [4.78, 5) is 13.5. The van der Waals surface area contributed by atoms with E-state index in [1.807, 2.05) is 54.6 Å². The number of benzene rings is 4. The zero-order valence-electron chi connectivity index (χ0n) is 26.2. The molecule has 0 saturated heterocycles. The van der Waals surface area contributed by atoms with E-state index in [0.717, 1.165) is 17.5 Å². The lowest BCUT2D eigenvalue weighted by atomic mass is 9.87. The van der Waals surface area contributed by atoms with Crippen LogP contribution in [0.4, 0.5) is 0 Å². The van der Waals surface area contributed by atoms with E-state index >= 15 is 0 Å². The lowest BCUT2D eigenvalue weighted by Crippen LogP contribution is -2.38. The van der Waals surface area contributed by atoms with E-state index in [0.29, 0.717) is 18.7 Å². The molecule has 0 unspecified atom stereocenters. The zero-order valence-corrected chi connectivity index (χ0v) is 27.0. The number of ether oxygens (including phenoxy) is 3. The molecular formula is C37H38N2O7S. The molecule has 6 rings (SSSR count). The third-order valence-electron chi connectivity index (χ3n) is 8.55. The number of sulfonamides is 1. The molecule has 1 amide bonds. The van der Waals surface area contributed by atoms with Gasteiger partial charge in [-0.05, 0) is 70.1 Å². The van der Waals surface area contributed by atoms with Crippen molar-refractivity contribution in [2.45, 2.75) is 36.5 Å². The summed E-state index contributed by atoms with van der Waals surface area (Å²) in [6.07, 6.45) is 2.30. The van der Waals surface area contributed by atoms with Gasteiger partial charge in [-0.1, -0.05) is 72.8 Å². The molecule has 0 radical (unpaired) electrons. The smallest absolute Gasteiger partial charge is 0.286 e. The summed E-state index contributed by atoms with van der Waals surface area (Å²) in [7, 11) is -2.41. The van der Waals surface area contributed by atoms with Crippen LogP contribution in [0.3, 0.4) is 0 Å². The van der Waals surface area contributed by atoms with Crippen molar-refractivity contribution in [2.24, 2.45) is 0 Å². The predicted molar refractivity (Wildman–Crippen MR) is 178 cm³/mol. The second-order valence-electron chi connectivity index (χ2n) is 11.5. The Hall–Kier alpha value is -4.48. The van der Waals surface area contributed by atoms with Crippen LogP contribution in [0.1, 0.15) is 34.6 Å². The molecule has 10 heteroatoms. The number of aliphatic hydroxyl groups is 1. The van der Waals surface area contributed by atoms with Crippen LogP contribution in [0.15, 0.2) is 114 Å². The number of carbonyl (C=O) groups is 1. The van der Waals surface area contributed by atoms with Crippen molar-refractivity contribution in [3.8, 4) is 16.9 Å². The molecule has 244 valence electrons. The summed E-state index contributed by atoms with van der Waals surface area (Å²) < 4.78 is 45.4. The summed E-state index contributed by atoms with van der Waals surface area (Å²) in [6.45, 7) is -0.145. The Labute approximate surface area is 275 Å². The van der Waals surface area contributed by atoms with Crippen molar-refractivity contribution < 1.29 is 32.5 Å². The average molecular weight is 655 g/mol. The van der Waals surface area contributed by atoms with Crippen LogP contribution < -0.4 is 10.1 Å². The van der Waals surface area contributed by atoms with E-state index in [9.17, 15) is 18.3 Å². The highest BCUT2D eigenvalue weighted by atomic mass is 32.2. The molecule has 0 saturated carbocycles. The zero-order chi connectivity index (χ0) is 32.8. The SMILES string of the molecule is COc1ccc(S(=O)(=O)N(CCO)CCO[C@H]2C[C@@H](c3cccc4c3Cc3ccccc3-4)C=C(C(=O)NCc3ccccc3)O2)cc1. The Morgan fingerprint density at radius 3 is 2.45 bits per heavy atom. The molecule has 0 fully saturated rings. The monoisotopic (exact) mass is 654 g/mol. The van der Waals surface area contributed by atoms with E-state index in [2.05, 4.69) is 29.6 Å². The first-order valence-electron chi connectivity index (χ1n) is 15.6. The fourth-order valence-corrected chi connectivity index (χ4v) is 7.59. The van der Waals surface area contributed by atoms with Crippen molar-refractivity contribution in [3.05, 3.63) is 131 Å². The maximum absolute atomic E-state index is 13.4. The summed E-state index contributed by atoms with van der Waals surface area (Å²) >= 11 is 0. The van der Waals surface area contributed by atoms with Gasteiger partial charge in [0.25, 0.3) is 5.91 Å². The first-order chi connectivity index (χ1) is 22.9. The van der Waals surface area contributed by atoms with Crippen LogP contribution in [-0.4, -0.2) is 63.4 Å². The van der Waals surface area contributed by atoms with Gasteiger partial charge in [0.05, 0.1) is 25.2 Å². The molecule has 1 aliphatic heterocycles. The third kappa shape index (κ3) is 7.26. The molecule has 9 nitrogen and oxygen atoms in total. The topological polar surface area (TPSA) is 114 Å². The van der Waals surface area contributed by atoms with E-state index in [-0.39, 0.29) is 48.8 Å². The second kappa shape index (κ2) is 14.5. The minimum absolute atomic E-state index is 0.00990. The summed E-state index contributed by atoms with van der Waals surface area (Å²) in [5.74, 6) is 0.169. The van der Waals surface area contributed by atoms with Gasteiger partial charge in [0.2, 0.25) is 16.3 Å². The fraction of sp³-hybridized carbons (Fsp3) is 0.270. The minimum Gasteiger partial charge on any atom is -0.497 e. The first kappa shape index (κ1) is 32.5. The second-order valence-corrected chi connectivity index (χ2v) is 13.4. The number of amides is 1. The maximum Gasteiger partial charge on any atom is 0.286 e. The lowest BCUT2D eigenvalue weighted by molar-refractivity contribution is -0.146. The Kier molecular flexibility index (Phi) is 10.0. The number of allylic oxidation sites excluding steroid dienone is 1. The van der Waals surface area contributed by atoms with Crippen molar-refractivity contribution in [2.75, 3.05) is 33.4 Å². The maximum atomic E-state index is 13.4. The lowest BCUT2D eigenvalue weighted by Gasteiger charge is -2.31. The molecule has 2 aliphatic rings. The van der Waals surface area contributed by atoms with E-state index in [1.165, 1.54) is 45.8 Å². The van der Waals surface area contributed by atoms with Gasteiger partial charge in [0, 0.05) is 32.0 Å². The Morgan fingerprint density at radius 1 is 0.936 bits per heavy atom. The molecule has 2 N–H and O–H groups in total. The molecule has 47 heavy (non-hydrogen) atoms. The van der Waals surface area contributed by atoms with Crippen LogP contribution in [-0.2, 0) is 37.3 Å². The molecule has 1 aliphatic carbocycles. The highest BCUT2D eigenvalue weighted by Gasteiger charge is 2.32. The fourth-order valence-electron chi connectivity index (χ4n) is 6.18. The highest BCUT2D eigenvalue weighted by Crippen LogP contribution is 2.43. The molecule has 0 bridgehead atoms. The van der Waals surface area contributed by atoms with Gasteiger partial charge in [-0.3, -0.25) is 4.79 Å². The molecule has 1 heterocycles. The first-order valence-corrected chi connectivity index (χ1v) is 17.1.